The standard InChI is InChI=1S/C48H83NO18/c1-3-5-7-9-10-11-12-13-14-15-16-17-18-19-20-22-24-26-36(54)49-31(32(53)25-23-21-8-6-4-2)30-62-46-42(60)39(57)44(34(28-51)64-46)67-48-43(61)40(58)45(35(29-52)65-48)66-47-41(59)38(56)37(55)33(27-50)63-47/h5,7,10-11,13-14,23,25,31-35,37-48,50-53,55-61H,3-4,6,8-9,12,15-22,24,26-30H2,1-2H3,(H,49,54)/b7-5-,11-10-,14-13-,25-23+. The minimum atomic E-state index is -1.98. The molecule has 12 N–H and O–H groups in total. The lowest BCUT2D eigenvalue weighted by atomic mass is 9.96. The van der Waals surface area contributed by atoms with E-state index in [1.165, 1.54) is 0 Å². The summed E-state index contributed by atoms with van der Waals surface area (Å²) in [5.41, 5.74) is 0. The van der Waals surface area contributed by atoms with E-state index in [1.807, 2.05) is 6.08 Å². The Morgan fingerprint density at radius 1 is 0.552 bits per heavy atom. The molecule has 1 amide bonds. The van der Waals surface area contributed by atoms with Crippen LogP contribution in [-0.4, -0.2) is 193 Å². The summed E-state index contributed by atoms with van der Waals surface area (Å²) in [7, 11) is 0. The molecule has 0 aliphatic carbocycles. The normalized spacial score (nSPS) is 33.9. The lowest BCUT2D eigenvalue weighted by molar-refractivity contribution is -0.379. The van der Waals surface area contributed by atoms with Crippen molar-refractivity contribution in [1.29, 1.82) is 0 Å². The van der Waals surface area contributed by atoms with Gasteiger partial charge in [0.25, 0.3) is 0 Å². The number of allylic oxidation sites excluding steroid dienone is 7. The fraction of sp³-hybridized carbons (Fsp3) is 0.812. The molecule has 17 unspecified atom stereocenters. The maximum atomic E-state index is 13.1. The zero-order valence-electron chi connectivity index (χ0n) is 39.4. The predicted molar refractivity (Wildman–Crippen MR) is 245 cm³/mol. The quantitative estimate of drug-likeness (QED) is 0.0328. The number of nitrogens with one attached hydrogen (secondary N) is 1. The first-order valence-corrected chi connectivity index (χ1v) is 24.4. The van der Waals surface area contributed by atoms with Gasteiger partial charge in [-0.15, -0.1) is 0 Å². The van der Waals surface area contributed by atoms with Crippen LogP contribution in [-0.2, 0) is 33.2 Å². The largest absolute Gasteiger partial charge is 0.394 e. The van der Waals surface area contributed by atoms with Crippen molar-refractivity contribution in [2.45, 2.75) is 221 Å². The van der Waals surface area contributed by atoms with Crippen LogP contribution in [0.5, 0.6) is 0 Å². The Labute approximate surface area is 395 Å². The maximum absolute atomic E-state index is 13.1. The van der Waals surface area contributed by atoms with Crippen LogP contribution in [0.1, 0.15) is 117 Å². The Balaban J connectivity index is 1.51. The Bertz CT molecular complexity index is 1430. The molecule has 3 rings (SSSR count). The molecule has 19 nitrogen and oxygen atoms in total. The second-order valence-electron chi connectivity index (χ2n) is 17.5. The minimum Gasteiger partial charge on any atom is -0.394 e. The summed E-state index contributed by atoms with van der Waals surface area (Å²) in [5.74, 6) is -0.298. The minimum absolute atomic E-state index is 0.228. The third kappa shape index (κ3) is 19.8. The van der Waals surface area contributed by atoms with Crippen molar-refractivity contribution in [1.82, 2.24) is 5.32 Å². The van der Waals surface area contributed by atoms with Gasteiger partial charge in [0, 0.05) is 6.42 Å². The molecule has 0 aromatic rings. The van der Waals surface area contributed by atoms with Gasteiger partial charge < -0.3 is 89.9 Å². The summed E-state index contributed by atoms with van der Waals surface area (Å²) in [6.45, 7) is 1.42. The number of rotatable bonds is 32. The molecule has 0 saturated carbocycles. The number of aliphatic hydroxyl groups is 11. The summed E-state index contributed by atoms with van der Waals surface area (Å²) in [6, 6.07) is -0.974. The van der Waals surface area contributed by atoms with Crippen molar-refractivity contribution in [2.24, 2.45) is 0 Å². The Morgan fingerprint density at radius 3 is 1.61 bits per heavy atom. The first kappa shape index (κ1) is 59.1. The van der Waals surface area contributed by atoms with Gasteiger partial charge in [-0.05, 0) is 51.4 Å². The van der Waals surface area contributed by atoms with Gasteiger partial charge in [-0.2, -0.15) is 0 Å². The van der Waals surface area contributed by atoms with E-state index in [2.05, 4.69) is 55.6 Å². The maximum Gasteiger partial charge on any atom is 0.220 e. The average molecular weight is 962 g/mol. The molecule has 3 aliphatic heterocycles. The molecular formula is C48H83NO18. The fourth-order valence-corrected chi connectivity index (χ4v) is 8.02. The first-order chi connectivity index (χ1) is 32.3. The molecule has 67 heavy (non-hydrogen) atoms. The van der Waals surface area contributed by atoms with Crippen LogP contribution in [0.25, 0.3) is 0 Å². The van der Waals surface area contributed by atoms with Gasteiger partial charge in [-0.3, -0.25) is 4.79 Å². The van der Waals surface area contributed by atoms with Gasteiger partial charge in [0.2, 0.25) is 5.91 Å². The smallest absolute Gasteiger partial charge is 0.220 e. The Hall–Kier alpha value is -2.25. The van der Waals surface area contributed by atoms with Crippen LogP contribution in [0.4, 0.5) is 0 Å². The molecule has 388 valence electrons. The molecule has 0 aromatic heterocycles. The van der Waals surface area contributed by atoms with Gasteiger partial charge in [0.05, 0.1) is 38.6 Å². The van der Waals surface area contributed by atoms with Crippen molar-refractivity contribution < 1.29 is 89.4 Å². The number of unbranched alkanes of at least 4 members (excludes halogenated alkanes) is 10. The molecule has 3 aliphatic rings. The van der Waals surface area contributed by atoms with Crippen LogP contribution in [0.2, 0.25) is 0 Å². The molecule has 3 saturated heterocycles. The number of hydrogen-bond acceptors (Lipinski definition) is 18. The number of hydrogen-bond donors (Lipinski definition) is 12. The number of amides is 1. The molecule has 17 atom stereocenters. The van der Waals surface area contributed by atoms with Crippen LogP contribution in [0, 0.1) is 0 Å². The second kappa shape index (κ2) is 33.4. The monoisotopic (exact) mass is 962 g/mol. The van der Waals surface area contributed by atoms with Crippen LogP contribution >= 0.6 is 0 Å². The molecule has 3 fully saturated rings. The number of ether oxygens (including phenoxy) is 6. The van der Waals surface area contributed by atoms with Gasteiger partial charge in [-0.1, -0.05) is 107 Å². The van der Waals surface area contributed by atoms with Gasteiger partial charge in [0.1, 0.15) is 73.2 Å². The molecule has 0 spiro atoms. The summed E-state index contributed by atoms with van der Waals surface area (Å²) < 4.78 is 33.9. The van der Waals surface area contributed by atoms with E-state index in [0.717, 1.165) is 89.9 Å². The highest BCUT2D eigenvalue weighted by atomic mass is 16.8. The van der Waals surface area contributed by atoms with E-state index in [9.17, 15) is 61.0 Å². The van der Waals surface area contributed by atoms with Crippen molar-refractivity contribution in [3.8, 4) is 0 Å². The lowest BCUT2D eigenvalue weighted by Crippen LogP contribution is -2.66. The molecule has 0 radical (unpaired) electrons. The topological polar surface area (TPSA) is 307 Å². The van der Waals surface area contributed by atoms with E-state index in [1.54, 1.807) is 6.08 Å². The Morgan fingerprint density at radius 2 is 1.03 bits per heavy atom. The number of aliphatic hydroxyl groups excluding tert-OH is 11. The summed E-state index contributed by atoms with van der Waals surface area (Å²) in [5, 5.41) is 119. The van der Waals surface area contributed by atoms with Crippen molar-refractivity contribution >= 4 is 5.91 Å². The molecular weight excluding hydrogens is 879 g/mol. The van der Waals surface area contributed by atoms with Gasteiger partial charge >= 0.3 is 0 Å². The zero-order valence-corrected chi connectivity index (χ0v) is 39.4. The fourth-order valence-electron chi connectivity index (χ4n) is 8.02. The molecule has 19 heteroatoms. The predicted octanol–water partition coefficient (Wildman–Crippen LogP) is 0.803. The SMILES string of the molecule is CC/C=C\C/C=C\C/C=C\CCCCCCCCCC(=O)NC(COC1OC(CO)C(OC2OC(CO)C(OC3OC(CO)C(O)C(O)C3O)C(O)C2O)C(O)C1O)C(O)/C=C/CCCCC. The van der Waals surface area contributed by atoms with E-state index in [4.69, 9.17) is 28.4 Å². The average Bonchev–Trinajstić information content (AvgIpc) is 3.32. The second-order valence-corrected chi connectivity index (χ2v) is 17.5. The van der Waals surface area contributed by atoms with Crippen LogP contribution in [0.15, 0.2) is 48.6 Å². The molecule has 3 heterocycles. The van der Waals surface area contributed by atoms with E-state index in [-0.39, 0.29) is 18.9 Å². The number of carbonyl (C=O) groups is 1. The highest BCUT2D eigenvalue weighted by Crippen LogP contribution is 2.33. The van der Waals surface area contributed by atoms with Gasteiger partial charge in [-0.25, -0.2) is 0 Å². The van der Waals surface area contributed by atoms with Crippen molar-refractivity contribution in [3.63, 3.8) is 0 Å². The Kier molecular flexibility index (Phi) is 29.4. The van der Waals surface area contributed by atoms with Crippen LogP contribution < -0.4 is 5.32 Å². The van der Waals surface area contributed by atoms with E-state index >= 15 is 0 Å². The van der Waals surface area contributed by atoms with Crippen LogP contribution in [0.3, 0.4) is 0 Å². The zero-order chi connectivity index (χ0) is 49.1. The third-order valence-electron chi connectivity index (χ3n) is 12.1. The van der Waals surface area contributed by atoms with E-state index < -0.39 is 124 Å². The summed E-state index contributed by atoms with van der Waals surface area (Å²) in [4.78, 5) is 13.1. The molecule has 0 bridgehead atoms. The van der Waals surface area contributed by atoms with Crippen molar-refractivity contribution in [2.75, 3.05) is 26.4 Å². The lowest BCUT2D eigenvalue weighted by Gasteiger charge is -2.48. The van der Waals surface area contributed by atoms with Crippen molar-refractivity contribution in [3.05, 3.63) is 48.6 Å². The summed E-state index contributed by atoms with van der Waals surface area (Å²) in [6.07, 6.45) is 4.73. The highest BCUT2D eigenvalue weighted by Gasteiger charge is 2.53. The highest BCUT2D eigenvalue weighted by molar-refractivity contribution is 5.76. The van der Waals surface area contributed by atoms with Gasteiger partial charge in [0.15, 0.2) is 18.9 Å². The summed E-state index contributed by atoms with van der Waals surface area (Å²) >= 11 is 0. The first-order valence-electron chi connectivity index (χ1n) is 24.4. The third-order valence-corrected chi connectivity index (χ3v) is 12.1. The number of carbonyl (C=O) groups excluding carboxylic acids is 1. The van der Waals surface area contributed by atoms with E-state index in [0.29, 0.717) is 6.42 Å². The molecule has 0 aromatic carbocycles.